The number of hydrogen-bond acceptors (Lipinski definition) is 5. The SMILES string of the molecule is CCNC(CO)CN1CCn2c(nnc2C(F)(F)F)C1. The summed E-state index contributed by atoms with van der Waals surface area (Å²) in [5, 5.41) is 19.2. The molecule has 0 bridgehead atoms. The minimum Gasteiger partial charge on any atom is -0.395 e. The first-order valence-corrected chi connectivity index (χ1v) is 6.51. The van der Waals surface area contributed by atoms with E-state index < -0.39 is 12.0 Å². The van der Waals surface area contributed by atoms with E-state index in [-0.39, 0.29) is 19.2 Å². The van der Waals surface area contributed by atoms with Crippen LogP contribution in [0, 0.1) is 0 Å². The summed E-state index contributed by atoms with van der Waals surface area (Å²) in [6, 6.07) is -0.0865. The lowest BCUT2D eigenvalue weighted by Crippen LogP contribution is -2.46. The maximum Gasteiger partial charge on any atom is 0.451 e. The van der Waals surface area contributed by atoms with Gasteiger partial charge in [0.15, 0.2) is 0 Å². The Kier molecular flexibility index (Phi) is 4.61. The van der Waals surface area contributed by atoms with Gasteiger partial charge in [0.25, 0.3) is 0 Å². The summed E-state index contributed by atoms with van der Waals surface area (Å²) in [6.07, 6.45) is -4.47. The molecule has 0 aliphatic carbocycles. The molecule has 1 aliphatic rings. The summed E-state index contributed by atoms with van der Waals surface area (Å²) in [6.45, 7) is 4.23. The van der Waals surface area contributed by atoms with Crippen molar-refractivity contribution in [2.75, 3.05) is 26.2 Å². The predicted octanol–water partition coefficient (Wildman–Crippen LogP) is 0.0829. The van der Waals surface area contributed by atoms with Crippen LogP contribution in [0.1, 0.15) is 18.6 Å². The van der Waals surface area contributed by atoms with Crippen molar-refractivity contribution >= 4 is 0 Å². The second-order valence-corrected chi connectivity index (χ2v) is 4.76. The molecule has 1 aliphatic heterocycles. The zero-order valence-electron chi connectivity index (χ0n) is 11.2. The molecule has 2 rings (SSSR count). The summed E-state index contributed by atoms with van der Waals surface area (Å²) in [5.41, 5.74) is 0. The van der Waals surface area contributed by atoms with Crippen molar-refractivity contribution in [2.45, 2.75) is 32.2 Å². The van der Waals surface area contributed by atoms with Crippen molar-refractivity contribution in [3.8, 4) is 0 Å². The highest BCUT2D eigenvalue weighted by atomic mass is 19.4. The molecule has 0 aromatic carbocycles. The Morgan fingerprint density at radius 2 is 2.10 bits per heavy atom. The number of hydrogen-bond donors (Lipinski definition) is 2. The van der Waals surface area contributed by atoms with Crippen molar-refractivity contribution in [3.63, 3.8) is 0 Å². The second kappa shape index (κ2) is 6.06. The van der Waals surface area contributed by atoms with Crippen LogP contribution in [0.2, 0.25) is 0 Å². The maximum atomic E-state index is 12.7. The fraction of sp³-hybridized carbons (Fsp3) is 0.818. The minimum absolute atomic E-state index is 0.00910. The van der Waals surface area contributed by atoms with Gasteiger partial charge in [-0.2, -0.15) is 13.2 Å². The number of fused-ring (bicyclic) bond motifs is 1. The van der Waals surface area contributed by atoms with Crippen LogP contribution in [0.3, 0.4) is 0 Å². The Bertz CT molecular complexity index is 448. The van der Waals surface area contributed by atoms with Gasteiger partial charge in [0.05, 0.1) is 13.2 Å². The minimum atomic E-state index is -4.47. The lowest BCUT2D eigenvalue weighted by atomic mass is 10.2. The molecular formula is C11H18F3N5O. The average Bonchev–Trinajstić information content (AvgIpc) is 2.81. The van der Waals surface area contributed by atoms with Crippen molar-refractivity contribution in [1.82, 2.24) is 25.0 Å². The summed E-state index contributed by atoms with van der Waals surface area (Å²) in [7, 11) is 0. The van der Waals surface area contributed by atoms with Gasteiger partial charge >= 0.3 is 6.18 Å². The van der Waals surface area contributed by atoms with Gasteiger partial charge in [-0.15, -0.1) is 10.2 Å². The number of alkyl halides is 3. The molecule has 0 fully saturated rings. The molecule has 114 valence electrons. The lowest BCUT2D eigenvalue weighted by Gasteiger charge is -2.30. The lowest BCUT2D eigenvalue weighted by molar-refractivity contribution is -0.148. The molecule has 2 heterocycles. The Morgan fingerprint density at radius 3 is 2.70 bits per heavy atom. The summed E-state index contributed by atoms with van der Waals surface area (Å²) in [4.78, 5) is 1.97. The maximum absolute atomic E-state index is 12.7. The van der Waals surface area contributed by atoms with Crippen LogP contribution in [0.25, 0.3) is 0 Å². The zero-order chi connectivity index (χ0) is 14.8. The topological polar surface area (TPSA) is 66.2 Å². The zero-order valence-corrected chi connectivity index (χ0v) is 11.2. The third-order valence-electron chi connectivity index (χ3n) is 3.28. The van der Waals surface area contributed by atoms with Gasteiger partial charge in [0.1, 0.15) is 5.82 Å². The first-order valence-electron chi connectivity index (χ1n) is 6.51. The van der Waals surface area contributed by atoms with Gasteiger partial charge in [-0.05, 0) is 6.54 Å². The van der Waals surface area contributed by atoms with Crippen LogP contribution in [0.5, 0.6) is 0 Å². The summed E-state index contributed by atoms with van der Waals surface area (Å²) < 4.78 is 39.2. The molecule has 1 aromatic heterocycles. The highest BCUT2D eigenvalue weighted by Crippen LogP contribution is 2.29. The molecule has 0 spiro atoms. The number of aliphatic hydroxyl groups excluding tert-OH is 1. The molecule has 2 N–H and O–H groups in total. The number of likely N-dealkylation sites (N-methyl/N-ethyl adjacent to an activating group) is 1. The highest BCUT2D eigenvalue weighted by Gasteiger charge is 2.39. The molecule has 0 saturated heterocycles. The van der Waals surface area contributed by atoms with Crippen LogP contribution in [0.15, 0.2) is 0 Å². The summed E-state index contributed by atoms with van der Waals surface area (Å²) >= 11 is 0. The normalized spacial score (nSPS) is 18.1. The van der Waals surface area contributed by atoms with Crippen molar-refractivity contribution in [2.24, 2.45) is 0 Å². The van der Waals surface area contributed by atoms with Crippen LogP contribution < -0.4 is 5.32 Å². The smallest absolute Gasteiger partial charge is 0.395 e. The van der Waals surface area contributed by atoms with E-state index in [2.05, 4.69) is 15.5 Å². The van der Waals surface area contributed by atoms with Crippen LogP contribution in [-0.2, 0) is 19.3 Å². The predicted molar refractivity (Wildman–Crippen MR) is 64.9 cm³/mol. The van der Waals surface area contributed by atoms with Gasteiger partial charge in [0, 0.05) is 25.7 Å². The van der Waals surface area contributed by atoms with Crippen LogP contribution in [-0.4, -0.2) is 57.1 Å². The highest BCUT2D eigenvalue weighted by molar-refractivity contribution is 5.02. The van der Waals surface area contributed by atoms with E-state index in [4.69, 9.17) is 0 Å². The molecule has 0 radical (unpaired) electrons. The van der Waals surface area contributed by atoms with E-state index in [1.54, 1.807) is 0 Å². The van der Waals surface area contributed by atoms with Crippen molar-refractivity contribution in [3.05, 3.63) is 11.6 Å². The van der Waals surface area contributed by atoms with Gasteiger partial charge in [0.2, 0.25) is 5.82 Å². The van der Waals surface area contributed by atoms with E-state index in [9.17, 15) is 18.3 Å². The second-order valence-electron chi connectivity index (χ2n) is 4.76. The third kappa shape index (κ3) is 3.28. The molecule has 6 nitrogen and oxygen atoms in total. The average molecular weight is 293 g/mol. The van der Waals surface area contributed by atoms with Gasteiger partial charge < -0.3 is 15.0 Å². The van der Waals surface area contributed by atoms with Gasteiger partial charge in [-0.25, -0.2) is 0 Å². The number of halogens is 3. The number of aliphatic hydroxyl groups is 1. The fourth-order valence-electron chi connectivity index (χ4n) is 2.36. The van der Waals surface area contributed by atoms with Gasteiger partial charge in [-0.1, -0.05) is 6.92 Å². The summed E-state index contributed by atoms with van der Waals surface area (Å²) in [5.74, 6) is -0.616. The van der Waals surface area contributed by atoms with Crippen molar-refractivity contribution in [1.29, 1.82) is 0 Å². The Labute approximate surface area is 114 Å². The largest absolute Gasteiger partial charge is 0.451 e. The van der Waals surface area contributed by atoms with Gasteiger partial charge in [-0.3, -0.25) is 4.90 Å². The Morgan fingerprint density at radius 1 is 1.35 bits per heavy atom. The van der Waals surface area contributed by atoms with E-state index in [0.717, 1.165) is 11.1 Å². The number of nitrogens with zero attached hydrogens (tertiary/aromatic N) is 4. The molecule has 0 amide bonds. The van der Waals surface area contributed by atoms with Crippen LogP contribution in [0.4, 0.5) is 13.2 Å². The molecule has 1 aromatic rings. The number of nitrogens with one attached hydrogen (secondary N) is 1. The van der Waals surface area contributed by atoms with E-state index >= 15 is 0 Å². The van der Waals surface area contributed by atoms with E-state index in [1.165, 1.54) is 0 Å². The molecule has 9 heteroatoms. The first-order chi connectivity index (χ1) is 9.45. The molecular weight excluding hydrogens is 275 g/mol. The fourth-order valence-corrected chi connectivity index (χ4v) is 2.36. The van der Waals surface area contributed by atoms with E-state index in [0.29, 0.717) is 25.5 Å². The quantitative estimate of drug-likeness (QED) is 0.805. The monoisotopic (exact) mass is 293 g/mol. The molecule has 20 heavy (non-hydrogen) atoms. The third-order valence-corrected chi connectivity index (χ3v) is 3.28. The molecule has 1 unspecified atom stereocenters. The molecule has 1 atom stereocenters. The molecule has 0 saturated carbocycles. The van der Waals surface area contributed by atoms with E-state index in [1.807, 2.05) is 11.8 Å². The Hall–Kier alpha value is -1.19. The first kappa shape index (κ1) is 15.2. The Balaban J connectivity index is 2.03. The van der Waals surface area contributed by atoms with Crippen LogP contribution >= 0.6 is 0 Å². The van der Waals surface area contributed by atoms with Crippen molar-refractivity contribution < 1.29 is 18.3 Å². The number of aromatic nitrogens is 3. The standard InChI is InChI=1S/C11H18F3N5O/c1-2-15-8(7-20)5-18-3-4-19-9(6-18)16-17-10(19)11(12,13)14/h8,15,20H,2-7H2,1H3. The number of rotatable bonds is 5.